The molecule has 1 aromatic rings. The van der Waals surface area contributed by atoms with Crippen LogP contribution in [0, 0.1) is 0 Å². The zero-order chi connectivity index (χ0) is 9.68. The van der Waals surface area contributed by atoms with Gasteiger partial charge in [-0.05, 0) is 40.8 Å². The molecule has 0 aromatic carbocycles. The Morgan fingerprint density at radius 2 is 2.38 bits per heavy atom. The minimum atomic E-state index is 0.292. The van der Waals surface area contributed by atoms with E-state index >= 15 is 0 Å². The van der Waals surface area contributed by atoms with E-state index in [9.17, 15) is 0 Å². The lowest BCUT2D eigenvalue weighted by molar-refractivity contribution is 0.125. The van der Waals surface area contributed by atoms with Gasteiger partial charge in [0.05, 0.1) is 12.6 Å². The van der Waals surface area contributed by atoms with Gasteiger partial charge in [-0.2, -0.15) is 11.3 Å². The smallest absolute Gasteiger partial charge is 0.0661 e. The largest absolute Gasteiger partial charge is 0.380 e. The number of hydrogen-bond acceptors (Lipinski definition) is 3. The minimum absolute atomic E-state index is 0.292. The average Bonchev–Trinajstić information content (AvgIpc) is 2.54. The van der Waals surface area contributed by atoms with Gasteiger partial charge >= 0.3 is 0 Å². The molecule has 1 atom stereocenters. The molecule has 1 N–H and O–H groups in total. The summed E-state index contributed by atoms with van der Waals surface area (Å²) in [4.78, 5) is 0. The summed E-state index contributed by atoms with van der Waals surface area (Å²) in [5.41, 5.74) is 1.28. The topological polar surface area (TPSA) is 21.3 Å². The molecule has 1 aromatic heterocycles. The molecule has 0 fully saturated rings. The predicted octanol–water partition coefficient (Wildman–Crippen LogP) is 2.81. The van der Waals surface area contributed by atoms with Gasteiger partial charge in [-0.3, -0.25) is 0 Å². The number of nitrogens with one attached hydrogen (secondary N) is 1. The van der Waals surface area contributed by atoms with Crippen molar-refractivity contribution in [1.82, 2.24) is 5.32 Å². The maximum absolute atomic E-state index is 5.39. The van der Waals surface area contributed by atoms with Crippen LogP contribution in [-0.4, -0.2) is 20.3 Å². The number of likely N-dealkylation sites (N-methyl/N-ethyl adjacent to an activating group) is 1. The van der Waals surface area contributed by atoms with E-state index in [1.807, 2.05) is 14.0 Å². The highest BCUT2D eigenvalue weighted by Gasteiger charge is 2.12. The van der Waals surface area contributed by atoms with Crippen LogP contribution in [0.3, 0.4) is 0 Å². The molecule has 0 spiro atoms. The monoisotopic (exact) mass is 263 g/mol. The van der Waals surface area contributed by atoms with Crippen LogP contribution < -0.4 is 5.32 Å². The summed E-state index contributed by atoms with van der Waals surface area (Å²) < 4.78 is 6.55. The lowest BCUT2D eigenvalue weighted by Crippen LogP contribution is -2.21. The second-order valence-corrected chi connectivity index (χ2v) is 4.27. The minimum Gasteiger partial charge on any atom is -0.380 e. The van der Waals surface area contributed by atoms with Crippen LogP contribution in [0.1, 0.15) is 18.5 Å². The molecule has 13 heavy (non-hydrogen) atoms. The van der Waals surface area contributed by atoms with E-state index in [0.717, 1.165) is 17.7 Å². The molecule has 0 saturated heterocycles. The molecule has 0 aliphatic heterocycles. The summed E-state index contributed by atoms with van der Waals surface area (Å²) in [5, 5.41) is 7.46. The third kappa shape index (κ3) is 3.06. The van der Waals surface area contributed by atoms with Crippen molar-refractivity contribution in [2.45, 2.75) is 13.0 Å². The van der Waals surface area contributed by atoms with Crippen LogP contribution in [-0.2, 0) is 4.74 Å². The van der Waals surface area contributed by atoms with Crippen molar-refractivity contribution in [3.63, 3.8) is 0 Å². The third-order valence-corrected chi connectivity index (χ3v) is 3.61. The Morgan fingerprint density at radius 3 is 2.85 bits per heavy atom. The van der Waals surface area contributed by atoms with Gasteiger partial charge in [0.2, 0.25) is 0 Å². The molecule has 0 bridgehead atoms. The molecule has 1 rings (SSSR count). The molecule has 0 aliphatic rings. The van der Waals surface area contributed by atoms with Crippen molar-refractivity contribution in [3.05, 3.63) is 20.8 Å². The Kier molecular flexibility index (Phi) is 4.94. The van der Waals surface area contributed by atoms with Crippen molar-refractivity contribution in [2.75, 3.05) is 20.3 Å². The van der Waals surface area contributed by atoms with Crippen molar-refractivity contribution >= 4 is 27.3 Å². The van der Waals surface area contributed by atoms with Gasteiger partial charge in [0, 0.05) is 16.5 Å². The summed E-state index contributed by atoms with van der Waals surface area (Å²) in [6.45, 7) is 3.50. The quantitative estimate of drug-likeness (QED) is 0.883. The fourth-order valence-corrected chi connectivity index (χ4v) is 2.73. The summed E-state index contributed by atoms with van der Waals surface area (Å²) in [6, 6.07) is 0.292. The van der Waals surface area contributed by atoms with E-state index in [4.69, 9.17) is 4.74 Å². The molecule has 4 heteroatoms. The van der Waals surface area contributed by atoms with E-state index in [2.05, 4.69) is 32.0 Å². The van der Waals surface area contributed by atoms with Gasteiger partial charge in [-0.25, -0.2) is 0 Å². The van der Waals surface area contributed by atoms with Crippen LogP contribution in [0.5, 0.6) is 0 Å². The molecule has 0 radical (unpaired) electrons. The first-order valence-electron chi connectivity index (χ1n) is 4.26. The first kappa shape index (κ1) is 11.2. The van der Waals surface area contributed by atoms with E-state index in [1.54, 1.807) is 11.3 Å². The first-order chi connectivity index (χ1) is 6.29. The highest BCUT2D eigenvalue weighted by Crippen LogP contribution is 2.27. The van der Waals surface area contributed by atoms with Crippen LogP contribution in [0.25, 0.3) is 0 Å². The Balaban J connectivity index is 2.61. The molecular weight excluding hydrogens is 250 g/mol. The molecule has 0 amide bonds. The summed E-state index contributed by atoms with van der Waals surface area (Å²) in [7, 11) is 1.95. The highest BCUT2D eigenvalue weighted by molar-refractivity contribution is 9.10. The van der Waals surface area contributed by atoms with Crippen molar-refractivity contribution in [3.8, 4) is 0 Å². The standard InChI is InChI=1S/C9H14BrNOS/c1-3-12-4-9(11-2)7-5-13-6-8(7)10/h5-6,9,11H,3-4H2,1-2H3. The van der Waals surface area contributed by atoms with Crippen LogP contribution >= 0.6 is 27.3 Å². The van der Waals surface area contributed by atoms with Gasteiger partial charge in [0.15, 0.2) is 0 Å². The average molecular weight is 264 g/mol. The maximum atomic E-state index is 5.39. The Morgan fingerprint density at radius 1 is 1.62 bits per heavy atom. The van der Waals surface area contributed by atoms with E-state index in [0.29, 0.717) is 6.04 Å². The molecule has 0 aliphatic carbocycles. The second kappa shape index (κ2) is 5.75. The number of ether oxygens (including phenoxy) is 1. The zero-order valence-electron chi connectivity index (χ0n) is 7.84. The molecule has 2 nitrogen and oxygen atoms in total. The van der Waals surface area contributed by atoms with Crippen LogP contribution in [0.2, 0.25) is 0 Å². The van der Waals surface area contributed by atoms with Crippen molar-refractivity contribution in [1.29, 1.82) is 0 Å². The van der Waals surface area contributed by atoms with Gasteiger partial charge in [-0.15, -0.1) is 0 Å². The van der Waals surface area contributed by atoms with Crippen molar-refractivity contribution < 1.29 is 4.74 Å². The van der Waals surface area contributed by atoms with Gasteiger partial charge in [0.25, 0.3) is 0 Å². The first-order valence-corrected chi connectivity index (χ1v) is 5.99. The molecule has 0 saturated carbocycles. The number of thiophene rings is 1. The van der Waals surface area contributed by atoms with E-state index in [1.165, 1.54) is 5.56 Å². The summed E-state index contributed by atoms with van der Waals surface area (Å²) >= 11 is 5.22. The van der Waals surface area contributed by atoms with E-state index in [-0.39, 0.29) is 0 Å². The van der Waals surface area contributed by atoms with Gasteiger partial charge in [0.1, 0.15) is 0 Å². The lowest BCUT2D eigenvalue weighted by atomic mass is 10.2. The number of rotatable bonds is 5. The number of hydrogen-bond donors (Lipinski definition) is 1. The normalized spacial score (nSPS) is 13.2. The zero-order valence-corrected chi connectivity index (χ0v) is 10.2. The molecule has 1 heterocycles. The molecular formula is C9H14BrNOS. The SMILES string of the molecule is CCOCC(NC)c1cscc1Br. The molecule has 74 valence electrons. The number of halogens is 1. The molecule has 1 unspecified atom stereocenters. The van der Waals surface area contributed by atoms with Crippen LogP contribution in [0.4, 0.5) is 0 Å². The predicted molar refractivity (Wildman–Crippen MR) is 60.3 cm³/mol. The third-order valence-electron chi connectivity index (χ3n) is 1.85. The van der Waals surface area contributed by atoms with E-state index < -0.39 is 0 Å². The Bertz CT molecular complexity index is 252. The Hall–Kier alpha value is 0.100. The van der Waals surface area contributed by atoms with Crippen molar-refractivity contribution in [2.24, 2.45) is 0 Å². The van der Waals surface area contributed by atoms with Crippen LogP contribution in [0.15, 0.2) is 15.2 Å². The fourth-order valence-electron chi connectivity index (χ4n) is 1.10. The fraction of sp³-hybridized carbons (Fsp3) is 0.556. The highest BCUT2D eigenvalue weighted by atomic mass is 79.9. The maximum Gasteiger partial charge on any atom is 0.0661 e. The van der Waals surface area contributed by atoms with Gasteiger partial charge < -0.3 is 10.1 Å². The summed E-state index contributed by atoms with van der Waals surface area (Å²) in [5.74, 6) is 0. The summed E-state index contributed by atoms with van der Waals surface area (Å²) in [6.07, 6.45) is 0. The lowest BCUT2D eigenvalue weighted by Gasteiger charge is -2.15. The second-order valence-electron chi connectivity index (χ2n) is 2.68. The van der Waals surface area contributed by atoms with Gasteiger partial charge in [-0.1, -0.05) is 0 Å². The Labute approximate surface area is 91.4 Å².